The zero-order valence-corrected chi connectivity index (χ0v) is 8.14. The Kier molecular flexibility index (Phi) is 6.63. The van der Waals surface area contributed by atoms with E-state index in [2.05, 4.69) is 20.8 Å². The molecule has 0 aromatic heterocycles. The fourth-order valence-electron chi connectivity index (χ4n) is 1.16. The van der Waals surface area contributed by atoms with Gasteiger partial charge in [-0.15, -0.1) is 0 Å². The van der Waals surface area contributed by atoms with Gasteiger partial charge < -0.3 is 5.11 Å². The third kappa shape index (κ3) is 5.25. The third-order valence-electron chi connectivity index (χ3n) is 2.40. The first-order valence-electron chi connectivity index (χ1n) is 4.90. The summed E-state index contributed by atoms with van der Waals surface area (Å²) in [5.41, 5.74) is 0. The van der Waals surface area contributed by atoms with Crippen LogP contribution in [0.5, 0.6) is 0 Å². The summed E-state index contributed by atoms with van der Waals surface area (Å²) in [5, 5.41) is 9.54. The van der Waals surface area contributed by atoms with Crippen molar-refractivity contribution in [2.24, 2.45) is 5.92 Å². The molecule has 0 aliphatic heterocycles. The summed E-state index contributed by atoms with van der Waals surface area (Å²) < 4.78 is 0. The van der Waals surface area contributed by atoms with Gasteiger partial charge in [0.2, 0.25) is 0 Å². The Morgan fingerprint density at radius 3 is 2.27 bits per heavy atom. The maximum Gasteiger partial charge on any atom is 0.0565 e. The summed E-state index contributed by atoms with van der Waals surface area (Å²) in [5.74, 6) is 0.479. The molecule has 0 fully saturated rings. The highest BCUT2D eigenvalue weighted by Gasteiger charge is 2.10. The number of aliphatic hydroxyl groups is 1. The van der Waals surface area contributed by atoms with Crippen LogP contribution in [0.1, 0.15) is 52.9 Å². The zero-order chi connectivity index (χ0) is 8.69. The molecule has 0 bridgehead atoms. The van der Waals surface area contributed by atoms with E-state index >= 15 is 0 Å². The van der Waals surface area contributed by atoms with Gasteiger partial charge in [0.15, 0.2) is 0 Å². The third-order valence-corrected chi connectivity index (χ3v) is 2.40. The molecule has 0 unspecified atom stereocenters. The van der Waals surface area contributed by atoms with Crippen molar-refractivity contribution in [2.45, 2.75) is 59.0 Å². The van der Waals surface area contributed by atoms with Crippen molar-refractivity contribution in [3.05, 3.63) is 0 Å². The van der Waals surface area contributed by atoms with Crippen LogP contribution in [0.25, 0.3) is 0 Å². The molecule has 0 amide bonds. The molecule has 0 aromatic rings. The second-order valence-electron chi connectivity index (χ2n) is 3.45. The monoisotopic (exact) mass is 158 g/mol. The van der Waals surface area contributed by atoms with Crippen molar-refractivity contribution in [3.63, 3.8) is 0 Å². The predicted molar refractivity (Wildman–Crippen MR) is 49.6 cm³/mol. The summed E-state index contributed by atoms with van der Waals surface area (Å²) in [4.78, 5) is 0. The Bertz CT molecular complexity index is 80.9. The average molecular weight is 158 g/mol. The van der Waals surface area contributed by atoms with Crippen molar-refractivity contribution < 1.29 is 5.11 Å². The highest BCUT2D eigenvalue weighted by atomic mass is 16.3. The van der Waals surface area contributed by atoms with Gasteiger partial charge >= 0.3 is 0 Å². The minimum absolute atomic E-state index is 0.0634. The Balaban J connectivity index is 3.28. The van der Waals surface area contributed by atoms with E-state index in [-0.39, 0.29) is 6.10 Å². The molecule has 0 aliphatic rings. The van der Waals surface area contributed by atoms with Crippen LogP contribution in [-0.2, 0) is 0 Å². The van der Waals surface area contributed by atoms with E-state index in [1.807, 2.05) is 0 Å². The fraction of sp³-hybridized carbons (Fsp3) is 1.00. The van der Waals surface area contributed by atoms with Crippen molar-refractivity contribution in [1.29, 1.82) is 0 Å². The lowest BCUT2D eigenvalue weighted by atomic mass is 9.97. The van der Waals surface area contributed by atoms with Crippen molar-refractivity contribution in [2.75, 3.05) is 0 Å². The number of unbranched alkanes of at least 4 members (excludes halogenated alkanes) is 2. The van der Waals surface area contributed by atoms with E-state index in [1.165, 1.54) is 19.3 Å². The minimum Gasteiger partial charge on any atom is -0.393 e. The number of rotatable bonds is 6. The molecule has 0 radical (unpaired) electrons. The van der Waals surface area contributed by atoms with Crippen molar-refractivity contribution >= 4 is 0 Å². The lowest BCUT2D eigenvalue weighted by Crippen LogP contribution is -2.16. The van der Waals surface area contributed by atoms with Crippen LogP contribution in [0.15, 0.2) is 0 Å². The molecule has 2 atom stereocenters. The number of hydrogen-bond donors (Lipinski definition) is 1. The first-order valence-corrected chi connectivity index (χ1v) is 4.90. The molecule has 0 heterocycles. The average Bonchev–Trinajstić information content (AvgIpc) is 2.03. The quantitative estimate of drug-likeness (QED) is 0.589. The van der Waals surface area contributed by atoms with E-state index in [4.69, 9.17) is 0 Å². The maximum absolute atomic E-state index is 9.54. The Hall–Kier alpha value is -0.0400. The molecule has 0 saturated heterocycles. The normalized spacial score (nSPS) is 16.4. The van der Waals surface area contributed by atoms with Gasteiger partial charge in [-0.3, -0.25) is 0 Å². The van der Waals surface area contributed by atoms with Crippen LogP contribution in [0, 0.1) is 5.92 Å². The molecule has 0 saturated carbocycles. The second kappa shape index (κ2) is 6.66. The molecule has 0 aliphatic carbocycles. The SMILES string of the molecule is CCCCC[C@@H](O)[C@@H](C)CC. The first-order chi connectivity index (χ1) is 5.22. The Morgan fingerprint density at radius 2 is 1.82 bits per heavy atom. The molecule has 1 nitrogen and oxygen atoms in total. The van der Waals surface area contributed by atoms with Gasteiger partial charge in [0.05, 0.1) is 6.10 Å². The van der Waals surface area contributed by atoms with Gasteiger partial charge in [0.1, 0.15) is 0 Å². The van der Waals surface area contributed by atoms with Crippen LogP contribution in [0.4, 0.5) is 0 Å². The van der Waals surface area contributed by atoms with Crippen LogP contribution >= 0.6 is 0 Å². The van der Waals surface area contributed by atoms with Gasteiger partial charge in [-0.1, -0.05) is 46.5 Å². The molecular formula is C10H22O. The molecule has 0 rings (SSSR count). The standard InChI is InChI=1S/C10H22O/c1-4-6-7-8-10(11)9(3)5-2/h9-11H,4-8H2,1-3H3/t9-,10+/m0/s1. The Labute approximate surface area is 70.8 Å². The topological polar surface area (TPSA) is 20.2 Å². The maximum atomic E-state index is 9.54. The minimum atomic E-state index is -0.0634. The molecule has 68 valence electrons. The van der Waals surface area contributed by atoms with E-state index in [0.717, 1.165) is 12.8 Å². The van der Waals surface area contributed by atoms with Crippen LogP contribution < -0.4 is 0 Å². The first kappa shape index (κ1) is 11.0. The number of aliphatic hydroxyl groups excluding tert-OH is 1. The summed E-state index contributed by atoms with van der Waals surface area (Å²) in [7, 11) is 0. The molecule has 1 heteroatoms. The smallest absolute Gasteiger partial charge is 0.0565 e. The lowest BCUT2D eigenvalue weighted by Gasteiger charge is -2.16. The predicted octanol–water partition coefficient (Wildman–Crippen LogP) is 2.97. The summed E-state index contributed by atoms with van der Waals surface area (Å²) in [6.45, 7) is 6.44. The van der Waals surface area contributed by atoms with E-state index < -0.39 is 0 Å². The van der Waals surface area contributed by atoms with Gasteiger partial charge in [0, 0.05) is 0 Å². The highest BCUT2D eigenvalue weighted by Crippen LogP contribution is 2.13. The molecule has 0 spiro atoms. The molecule has 0 aromatic carbocycles. The number of hydrogen-bond acceptors (Lipinski definition) is 1. The molecule has 1 N–H and O–H groups in total. The van der Waals surface area contributed by atoms with Crippen LogP contribution in [-0.4, -0.2) is 11.2 Å². The van der Waals surface area contributed by atoms with Crippen LogP contribution in [0.3, 0.4) is 0 Å². The zero-order valence-electron chi connectivity index (χ0n) is 8.14. The van der Waals surface area contributed by atoms with Gasteiger partial charge in [0.25, 0.3) is 0 Å². The lowest BCUT2D eigenvalue weighted by molar-refractivity contribution is 0.103. The summed E-state index contributed by atoms with van der Waals surface area (Å²) in [6.07, 6.45) is 5.70. The Morgan fingerprint density at radius 1 is 1.18 bits per heavy atom. The summed E-state index contributed by atoms with van der Waals surface area (Å²) in [6, 6.07) is 0. The highest BCUT2D eigenvalue weighted by molar-refractivity contribution is 4.62. The van der Waals surface area contributed by atoms with Gasteiger partial charge in [-0.25, -0.2) is 0 Å². The largest absolute Gasteiger partial charge is 0.393 e. The molecular weight excluding hydrogens is 136 g/mol. The molecule has 11 heavy (non-hydrogen) atoms. The second-order valence-corrected chi connectivity index (χ2v) is 3.45. The van der Waals surface area contributed by atoms with Crippen molar-refractivity contribution in [1.82, 2.24) is 0 Å². The van der Waals surface area contributed by atoms with E-state index in [1.54, 1.807) is 0 Å². The van der Waals surface area contributed by atoms with Crippen LogP contribution in [0.2, 0.25) is 0 Å². The van der Waals surface area contributed by atoms with Gasteiger partial charge in [-0.2, -0.15) is 0 Å². The van der Waals surface area contributed by atoms with E-state index in [0.29, 0.717) is 5.92 Å². The summed E-state index contributed by atoms with van der Waals surface area (Å²) >= 11 is 0. The van der Waals surface area contributed by atoms with E-state index in [9.17, 15) is 5.11 Å². The van der Waals surface area contributed by atoms with Crippen molar-refractivity contribution in [3.8, 4) is 0 Å². The fourth-order valence-corrected chi connectivity index (χ4v) is 1.16. The van der Waals surface area contributed by atoms with Gasteiger partial charge in [-0.05, 0) is 12.3 Å².